The van der Waals surface area contributed by atoms with Crippen LogP contribution in [0.5, 0.6) is 11.5 Å². The van der Waals surface area contributed by atoms with Crippen LogP contribution in [0.3, 0.4) is 0 Å². The normalized spacial score (nSPS) is 15.2. The third-order valence-electron chi connectivity index (χ3n) is 5.90. The van der Waals surface area contributed by atoms with Crippen molar-refractivity contribution in [1.29, 1.82) is 0 Å². The molecule has 0 aromatic heterocycles. The van der Waals surface area contributed by atoms with Crippen LogP contribution in [0.25, 0.3) is 0 Å². The molecule has 0 saturated carbocycles. The fourth-order valence-corrected chi connectivity index (χ4v) is 4.08. The molecule has 0 N–H and O–H groups in total. The fourth-order valence-electron chi connectivity index (χ4n) is 4.08. The maximum absolute atomic E-state index is 14.2. The molecule has 1 aliphatic rings. The summed E-state index contributed by atoms with van der Waals surface area (Å²) in [4.78, 5) is 17.2. The molecule has 31 heavy (non-hydrogen) atoms. The predicted octanol–water partition coefficient (Wildman–Crippen LogP) is 4.80. The van der Waals surface area contributed by atoms with Crippen LogP contribution < -0.4 is 14.4 Å². The Bertz CT molecular complexity index is 885. The maximum Gasteiger partial charge on any atom is 0.229 e. The average Bonchev–Trinajstić information content (AvgIpc) is 2.77. The Hall–Kier alpha value is -2.60. The van der Waals surface area contributed by atoms with Crippen LogP contribution in [0.4, 0.5) is 10.1 Å². The lowest BCUT2D eigenvalue weighted by atomic mass is 9.99. The Kier molecular flexibility index (Phi) is 7.55. The maximum atomic E-state index is 14.2. The van der Waals surface area contributed by atoms with E-state index in [1.807, 2.05) is 43.0 Å². The van der Waals surface area contributed by atoms with Crippen LogP contribution in [0.2, 0.25) is 0 Å². The van der Waals surface area contributed by atoms with Crippen molar-refractivity contribution in [3.63, 3.8) is 0 Å². The summed E-state index contributed by atoms with van der Waals surface area (Å²) in [6, 6.07) is 11.1. The molecule has 3 rings (SSSR count). The number of aryl methyl sites for hydroxylation is 1. The lowest BCUT2D eigenvalue weighted by molar-refractivity contribution is -0.122. The second kappa shape index (κ2) is 10.1. The highest BCUT2D eigenvalue weighted by molar-refractivity contribution is 5.95. The number of hydrogen-bond donors (Lipinski definition) is 0. The smallest absolute Gasteiger partial charge is 0.229 e. The standard InChI is InChI=1S/C25H33FN2O3/c1-17(2)25(29)28(21-7-6-18(3)24(26)14-21)20-8-10-27(11-9-20)16-19-12-22(30-4)15-23(13-19)31-5/h6-7,12-15,17,20H,8-11,16H2,1-5H3. The molecule has 6 heteroatoms. The Morgan fingerprint density at radius 3 is 2.23 bits per heavy atom. The Labute approximate surface area is 184 Å². The van der Waals surface area contributed by atoms with Gasteiger partial charge in [0.25, 0.3) is 0 Å². The molecule has 5 nitrogen and oxygen atoms in total. The van der Waals surface area contributed by atoms with Crippen LogP contribution in [-0.4, -0.2) is 44.2 Å². The van der Waals surface area contributed by atoms with Gasteiger partial charge >= 0.3 is 0 Å². The number of hydrogen-bond acceptors (Lipinski definition) is 4. The number of likely N-dealkylation sites (tertiary alicyclic amines) is 1. The van der Waals surface area contributed by atoms with Gasteiger partial charge in [-0.1, -0.05) is 19.9 Å². The first-order chi connectivity index (χ1) is 14.8. The highest BCUT2D eigenvalue weighted by atomic mass is 19.1. The first-order valence-corrected chi connectivity index (χ1v) is 10.9. The largest absolute Gasteiger partial charge is 0.497 e. The molecule has 1 fully saturated rings. The van der Waals surface area contributed by atoms with E-state index in [1.54, 1.807) is 27.2 Å². The van der Waals surface area contributed by atoms with Gasteiger partial charge < -0.3 is 14.4 Å². The monoisotopic (exact) mass is 428 g/mol. The number of carbonyl (C=O) groups excluding carboxylic acids is 1. The highest BCUT2D eigenvalue weighted by Gasteiger charge is 2.30. The number of rotatable bonds is 7. The fraction of sp³-hybridized carbons (Fsp3) is 0.480. The van der Waals surface area contributed by atoms with Crippen molar-refractivity contribution < 1.29 is 18.7 Å². The van der Waals surface area contributed by atoms with Gasteiger partial charge in [-0.15, -0.1) is 0 Å². The molecule has 1 amide bonds. The van der Waals surface area contributed by atoms with E-state index in [9.17, 15) is 9.18 Å². The van der Waals surface area contributed by atoms with E-state index in [-0.39, 0.29) is 23.7 Å². The molecule has 168 valence electrons. The van der Waals surface area contributed by atoms with E-state index in [1.165, 1.54) is 6.07 Å². The second-order valence-electron chi connectivity index (χ2n) is 8.52. The van der Waals surface area contributed by atoms with Gasteiger partial charge in [0, 0.05) is 43.3 Å². The number of amides is 1. The molecule has 0 bridgehead atoms. The molecule has 0 unspecified atom stereocenters. The number of carbonyl (C=O) groups is 1. The zero-order valence-corrected chi connectivity index (χ0v) is 19.2. The zero-order valence-electron chi connectivity index (χ0n) is 19.2. The molecular weight excluding hydrogens is 395 g/mol. The van der Waals surface area contributed by atoms with Crippen LogP contribution in [-0.2, 0) is 11.3 Å². The molecule has 1 aliphatic heterocycles. The molecule has 2 aromatic rings. The minimum Gasteiger partial charge on any atom is -0.497 e. The SMILES string of the molecule is COc1cc(CN2CCC(N(C(=O)C(C)C)c3ccc(C)c(F)c3)CC2)cc(OC)c1. The number of nitrogens with zero attached hydrogens (tertiary/aromatic N) is 2. The second-order valence-corrected chi connectivity index (χ2v) is 8.52. The van der Waals surface area contributed by atoms with E-state index in [4.69, 9.17) is 9.47 Å². The van der Waals surface area contributed by atoms with Crippen molar-refractivity contribution in [3.05, 3.63) is 53.3 Å². The zero-order chi connectivity index (χ0) is 22.5. The number of ether oxygens (including phenoxy) is 2. The van der Waals surface area contributed by atoms with Crippen molar-refractivity contribution in [2.45, 2.75) is 46.2 Å². The van der Waals surface area contributed by atoms with Gasteiger partial charge in [0.2, 0.25) is 5.91 Å². The lowest BCUT2D eigenvalue weighted by Gasteiger charge is -2.39. The van der Waals surface area contributed by atoms with Gasteiger partial charge in [-0.25, -0.2) is 4.39 Å². The van der Waals surface area contributed by atoms with Gasteiger partial charge in [0.05, 0.1) is 14.2 Å². The van der Waals surface area contributed by atoms with Gasteiger partial charge in [-0.05, 0) is 55.2 Å². The van der Waals surface area contributed by atoms with Gasteiger partial charge in [0.15, 0.2) is 0 Å². The number of halogens is 1. The highest BCUT2D eigenvalue weighted by Crippen LogP contribution is 2.29. The summed E-state index contributed by atoms with van der Waals surface area (Å²) < 4.78 is 25.0. The third kappa shape index (κ3) is 5.56. The summed E-state index contributed by atoms with van der Waals surface area (Å²) in [5, 5.41) is 0. The van der Waals surface area contributed by atoms with Gasteiger partial charge in [-0.3, -0.25) is 9.69 Å². The first kappa shape index (κ1) is 23.1. The van der Waals surface area contributed by atoms with E-state index in [2.05, 4.69) is 4.90 Å². The summed E-state index contributed by atoms with van der Waals surface area (Å²) in [6.07, 6.45) is 1.68. The van der Waals surface area contributed by atoms with Gasteiger partial charge in [0.1, 0.15) is 17.3 Å². The van der Waals surface area contributed by atoms with Gasteiger partial charge in [-0.2, -0.15) is 0 Å². The Balaban J connectivity index is 1.72. The van der Waals surface area contributed by atoms with Crippen molar-refractivity contribution in [2.24, 2.45) is 5.92 Å². The van der Waals surface area contributed by atoms with Crippen LogP contribution in [0, 0.1) is 18.7 Å². The summed E-state index contributed by atoms with van der Waals surface area (Å²) in [5.74, 6) is 1.17. The summed E-state index contributed by atoms with van der Waals surface area (Å²) in [7, 11) is 3.30. The Morgan fingerprint density at radius 2 is 1.71 bits per heavy atom. The van der Waals surface area contributed by atoms with Crippen LogP contribution >= 0.6 is 0 Å². The molecule has 1 saturated heterocycles. The predicted molar refractivity (Wildman–Crippen MR) is 121 cm³/mol. The molecule has 0 atom stereocenters. The Morgan fingerprint density at radius 1 is 1.10 bits per heavy atom. The lowest BCUT2D eigenvalue weighted by Crippen LogP contribution is -2.48. The van der Waals surface area contributed by atoms with E-state index < -0.39 is 0 Å². The molecular formula is C25H33FN2O3. The number of piperidine rings is 1. The summed E-state index contributed by atoms with van der Waals surface area (Å²) in [6.45, 7) is 8.04. The van der Waals surface area contributed by atoms with Crippen molar-refractivity contribution in [3.8, 4) is 11.5 Å². The summed E-state index contributed by atoms with van der Waals surface area (Å²) in [5.41, 5.74) is 2.37. The van der Waals surface area contributed by atoms with Crippen molar-refractivity contribution in [1.82, 2.24) is 4.90 Å². The quantitative estimate of drug-likeness (QED) is 0.635. The van der Waals surface area contributed by atoms with E-state index in [0.717, 1.165) is 49.5 Å². The average molecular weight is 429 g/mol. The van der Waals surface area contributed by atoms with Crippen molar-refractivity contribution in [2.75, 3.05) is 32.2 Å². The molecule has 2 aromatic carbocycles. The third-order valence-corrected chi connectivity index (χ3v) is 5.90. The molecule has 1 heterocycles. The minimum atomic E-state index is -0.275. The molecule has 0 spiro atoms. The van der Waals surface area contributed by atoms with E-state index in [0.29, 0.717) is 11.3 Å². The number of anilines is 1. The summed E-state index contributed by atoms with van der Waals surface area (Å²) >= 11 is 0. The van der Waals surface area contributed by atoms with Crippen LogP contribution in [0.15, 0.2) is 36.4 Å². The first-order valence-electron chi connectivity index (χ1n) is 10.9. The molecule has 0 radical (unpaired) electrons. The topological polar surface area (TPSA) is 42.0 Å². The minimum absolute atomic E-state index is 0.0410. The number of methoxy groups -OCH3 is 2. The van der Waals surface area contributed by atoms with Crippen LogP contribution in [0.1, 0.15) is 37.8 Å². The molecule has 0 aliphatic carbocycles. The number of benzene rings is 2. The van der Waals surface area contributed by atoms with Crippen molar-refractivity contribution >= 4 is 11.6 Å². The van der Waals surface area contributed by atoms with E-state index >= 15 is 0 Å².